The molecule has 4 aromatic rings. The number of nitrogens with zero attached hydrogens (tertiary/aromatic N) is 4. The molecule has 5 rings (SSSR count). The first kappa shape index (κ1) is 16.2. The zero-order valence-corrected chi connectivity index (χ0v) is 15.5. The molecule has 0 bridgehead atoms. The lowest BCUT2D eigenvalue weighted by Gasteiger charge is -2.03. The van der Waals surface area contributed by atoms with Gasteiger partial charge >= 0.3 is 0 Å². The smallest absolute Gasteiger partial charge is 0.262 e. The van der Waals surface area contributed by atoms with Crippen LogP contribution in [-0.2, 0) is 19.4 Å². The third-order valence-corrected chi connectivity index (χ3v) is 6.01. The third kappa shape index (κ3) is 2.64. The van der Waals surface area contributed by atoms with E-state index in [0.717, 1.165) is 35.0 Å². The van der Waals surface area contributed by atoms with Gasteiger partial charge in [0.1, 0.15) is 17.1 Å². The topological polar surface area (TPSA) is 83.0 Å². The van der Waals surface area contributed by atoms with Crippen LogP contribution in [0.1, 0.15) is 22.8 Å². The van der Waals surface area contributed by atoms with E-state index in [4.69, 9.17) is 9.26 Å². The zero-order valence-electron chi connectivity index (χ0n) is 14.6. The number of thiophene rings is 1. The maximum Gasteiger partial charge on any atom is 0.262 e. The number of hydrogen-bond donors (Lipinski definition) is 0. The first-order chi connectivity index (χ1) is 13.2. The van der Waals surface area contributed by atoms with Gasteiger partial charge in [-0.05, 0) is 37.0 Å². The van der Waals surface area contributed by atoms with Crippen LogP contribution in [-0.4, -0.2) is 26.8 Å². The molecule has 8 heteroatoms. The second-order valence-electron chi connectivity index (χ2n) is 6.43. The molecule has 27 heavy (non-hydrogen) atoms. The normalized spacial score (nSPS) is 13.2. The number of rotatable bonds is 4. The van der Waals surface area contributed by atoms with Crippen molar-refractivity contribution in [2.45, 2.75) is 25.8 Å². The van der Waals surface area contributed by atoms with E-state index in [9.17, 15) is 4.79 Å². The Morgan fingerprint density at radius 3 is 3.07 bits per heavy atom. The van der Waals surface area contributed by atoms with Crippen LogP contribution < -0.4 is 10.3 Å². The lowest BCUT2D eigenvalue weighted by atomic mass is 10.2. The van der Waals surface area contributed by atoms with E-state index in [-0.39, 0.29) is 12.1 Å². The summed E-state index contributed by atoms with van der Waals surface area (Å²) in [6.07, 6.45) is 4.66. The van der Waals surface area contributed by atoms with Gasteiger partial charge < -0.3 is 9.26 Å². The molecule has 136 valence electrons. The molecule has 0 saturated carbocycles. The van der Waals surface area contributed by atoms with Crippen molar-refractivity contribution in [1.29, 1.82) is 0 Å². The van der Waals surface area contributed by atoms with E-state index in [1.54, 1.807) is 24.8 Å². The number of aromatic nitrogens is 4. The first-order valence-electron chi connectivity index (χ1n) is 8.70. The average molecular weight is 380 g/mol. The van der Waals surface area contributed by atoms with Gasteiger partial charge in [-0.3, -0.25) is 9.36 Å². The van der Waals surface area contributed by atoms with Crippen LogP contribution in [0.5, 0.6) is 5.75 Å². The molecule has 0 unspecified atom stereocenters. The molecule has 0 atom stereocenters. The van der Waals surface area contributed by atoms with Crippen molar-refractivity contribution >= 4 is 21.6 Å². The largest absolute Gasteiger partial charge is 0.496 e. The minimum Gasteiger partial charge on any atom is -0.496 e. The molecule has 0 aliphatic heterocycles. The molecule has 1 aliphatic rings. The molecular weight excluding hydrogens is 364 g/mol. The molecule has 0 saturated heterocycles. The number of hydrogen-bond acceptors (Lipinski definition) is 7. The molecule has 1 aliphatic carbocycles. The van der Waals surface area contributed by atoms with E-state index in [0.29, 0.717) is 17.5 Å². The van der Waals surface area contributed by atoms with Crippen molar-refractivity contribution in [3.8, 4) is 17.1 Å². The lowest BCUT2D eigenvalue weighted by molar-refractivity contribution is 0.369. The number of ether oxygens (including phenoxy) is 1. The van der Waals surface area contributed by atoms with Gasteiger partial charge in [0.2, 0.25) is 11.7 Å². The number of fused-ring (bicyclic) bond motifs is 3. The van der Waals surface area contributed by atoms with Gasteiger partial charge in [0, 0.05) is 4.88 Å². The SMILES string of the molecule is COc1ccccc1-c1noc(Cn2cnc3sc4c(c3c2=O)CCC4)n1. The minimum atomic E-state index is -0.0450. The van der Waals surface area contributed by atoms with Crippen molar-refractivity contribution in [3.63, 3.8) is 0 Å². The summed E-state index contributed by atoms with van der Waals surface area (Å²) in [5.41, 5.74) is 1.87. The highest BCUT2D eigenvalue weighted by Gasteiger charge is 2.22. The maximum atomic E-state index is 13.0. The highest BCUT2D eigenvalue weighted by Crippen LogP contribution is 2.34. The summed E-state index contributed by atoms with van der Waals surface area (Å²) in [4.78, 5) is 24.0. The Kier molecular flexibility index (Phi) is 3.78. The molecule has 3 heterocycles. The molecule has 0 N–H and O–H groups in total. The van der Waals surface area contributed by atoms with Gasteiger partial charge in [0.15, 0.2) is 0 Å². The molecule has 3 aromatic heterocycles. The van der Waals surface area contributed by atoms with E-state index >= 15 is 0 Å². The molecule has 0 spiro atoms. The molecule has 0 radical (unpaired) electrons. The number of methoxy groups -OCH3 is 1. The van der Waals surface area contributed by atoms with Crippen molar-refractivity contribution in [2.24, 2.45) is 0 Å². The molecule has 0 fully saturated rings. The second kappa shape index (κ2) is 6.31. The van der Waals surface area contributed by atoms with Crippen molar-refractivity contribution < 1.29 is 9.26 Å². The Bertz CT molecular complexity index is 1210. The Morgan fingerprint density at radius 1 is 1.30 bits per heavy atom. The van der Waals surface area contributed by atoms with Crippen LogP contribution >= 0.6 is 11.3 Å². The quantitative estimate of drug-likeness (QED) is 0.541. The van der Waals surface area contributed by atoms with Crippen LogP contribution in [0, 0.1) is 0 Å². The van der Waals surface area contributed by atoms with E-state index in [1.165, 1.54) is 15.0 Å². The van der Waals surface area contributed by atoms with Crippen LogP contribution in [0.4, 0.5) is 0 Å². The fraction of sp³-hybridized carbons (Fsp3) is 0.263. The maximum absolute atomic E-state index is 13.0. The predicted octanol–water partition coefficient (Wildman–Crippen LogP) is 3.05. The summed E-state index contributed by atoms with van der Waals surface area (Å²) in [5, 5.41) is 4.78. The second-order valence-corrected chi connectivity index (χ2v) is 7.51. The fourth-order valence-corrected chi connectivity index (χ4v) is 4.76. The number of aryl methyl sites for hydroxylation is 2. The Balaban J connectivity index is 1.51. The van der Waals surface area contributed by atoms with Crippen molar-refractivity contribution in [3.05, 3.63) is 57.3 Å². The highest BCUT2D eigenvalue weighted by molar-refractivity contribution is 7.18. The molecular formula is C19H16N4O3S. The van der Waals surface area contributed by atoms with E-state index < -0.39 is 0 Å². The Labute approximate surface area is 158 Å². The van der Waals surface area contributed by atoms with Gasteiger partial charge in [0.05, 0.1) is 24.4 Å². The van der Waals surface area contributed by atoms with Gasteiger partial charge in [0.25, 0.3) is 5.56 Å². The Hall–Kier alpha value is -3.00. The van der Waals surface area contributed by atoms with Crippen molar-refractivity contribution in [2.75, 3.05) is 7.11 Å². The number of benzene rings is 1. The van der Waals surface area contributed by atoms with Gasteiger partial charge in [-0.1, -0.05) is 17.3 Å². The van der Waals surface area contributed by atoms with Crippen molar-refractivity contribution in [1.82, 2.24) is 19.7 Å². The van der Waals surface area contributed by atoms with Crippen LogP contribution in [0.25, 0.3) is 21.6 Å². The fourth-order valence-electron chi connectivity index (χ4n) is 3.54. The number of para-hydroxylation sites is 1. The van der Waals surface area contributed by atoms with E-state index in [2.05, 4.69) is 15.1 Å². The summed E-state index contributed by atoms with van der Waals surface area (Å²) in [5.74, 6) is 1.45. The third-order valence-electron chi connectivity index (χ3n) is 4.81. The van der Waals surface area contributed by atoms with Crippen LogP contribution in [0.3, 0.4) is 0 Å². The molecule has 1 aromatic carbocycles. The van der Waals surface area contributed by atoms with Gasteiger partial charge in [-0.15, -0.1) is 11.3 Å². The lowest BCUT2D eigenvalue weighted by Crippen LogP contribution is -2.21. The van der Waals surface area contributed by atoms with Crippen LogP contribution in [0.15, 0.2) is 39.9 Å². The summed E-state index contributed by atoms with van der Waals surface area (Å²) >= 11 is 1.63. The van der Waals surface area contributed by atoms with Gasteiger partial charge in [-0.2, -0.15) is 4.98 Å². The zero-order chi connectivity index (χ0) is 18.4. The molecule has 7 nitrogen and oxygen atoms in total. The average Bonchev–Trinajstić information content (AvgIpc) is 3.40. The monoisotopic (exact) mass is 380 g/mol. The summed E-state index contributed by atoms with van der Waals surface area (Å²) in [6.45, 7) is 0.189. The highest BCUT2D eigenvalue weighted by atomic mass is 32.1. The summed E-state index contributed by atoms with van der Waals surface area (Å²) in [6, 6.07) is 7.46. The minimum absolute atomic E-state index is 0.0450. The Morgan fingerprint density at radius 2 is 2.19 bits per heavy atom. The predicted molar refractivity (Wildman–Crippen MR) is 101 cm³/mol. The van der Waals surface area contributed by atoms with Gasteiger partial charge in [-0.25, -0.2) is 4.98 Å². The van der Waals surface area contributed by atoms with Crippen LogP contribution in [0.2, 0.25) is 0 Å². The first-order valence-corrected chi connectivity index (χ1v) is 9.52. The molecule has 0 amide bonds. The standard InChI is InChI=1S/C19H16N4O3S/c1-25-13-7-3-2-5-11(13)17-21-15(26-22-17)9-23-10-20-18-16(19(23)24)12-6-4-8-14(12)27-18/h2-3,5,7,10H,4,6,8-9H2,1H3. The summed E-state index contributed by atoms with van der Waals surface area (Å²) in [7, 11) is 1.60. The van der Waals surface area contributed by atoms with E-state index in [1.807, 2.05) is 24.3 Å². The summed E-state index contributed by atoms with van der Waals surface area (Å²) < 4.78 is 12.2.